The fraction of sp³-hybridized carbons (Fsp3) is 0.222. The van der Waals surface area contributed by atoms with E-state index in [1.807, 2.05) is 37.3 Å². The third-order valence-corrected chi connectivity index (χ3v) is 4.21. The summed E-state index contributed by atoms with van der Waals surface area (Å²) in [4.78, 5) is 21.9. The Kier molecular flexibility index (Phi) is 3.49. The van der Waals surface area contributed by atoms with Crippen LogP contribution in [0.3, 0.4) is 0 Å². The zero-order valence-corrected chi connectivity index (χ0v) is 14.2. The molecular formula is C18H17N5O2. The van der Waals surface area contributed by atoms with Crippen LogP contribution in [0.5, 0.6) is 5.75 Å². The standard InChI is InChI=1S/C18H17N5O2/c1-4-22-10-9-13-15(17(22)24)16(12-7-5-6-8-14(12)25-3)23-18(20-13)19-11(2)21-23/h5-10H,4H2,1-3H3. The lowest BCUT2D eigenvalue weighted by Crippen LogP contribution is -2.20. The van der Waals surface area contributed by atoms with Crippen molar-refractivity contribution in [2.75, 3.05) is 7.11 Å². The highest BCUT2D eigenvalue weighted by Gasteiger charge is 2.20. The number of hydrogen-bond donors (Lipinski definition) is 0. The summed E-state index contributed by atoms with van der Waals surface area (Å²) in [7, 11) is 1.61. The van der Waals surface area contributed by atoms with Crippen LogP contribution in [0, 0.1) is 6.92 Å². The first kappa shape index (κ1) is 15.3. The molecule has 0 saturated carbocycles. The Labute approximate surface area is 143 Å². The predicted molar refractivity (Wildman–Crippen MR) is 94.9 cm³/mol. The van der Waals surface area contributed by atoms with Crippen LogP contribution in [0.15, 0.2) is 41.3 Å². The van der Waals surface area contributed by atoms with Gasteiger partial charge in [0.15, 0.2) is 0 Å². The minimum Gasteiger partial charge on any atom is -0.496 e. The van der Waals surface area contributed by atoms with E-state index in [2.05, 4.69) is 15.1 Å². The molecule has 0 bridgehead atoms. The molecule has 3 aromatic heterocycles. The second kappa shape index (κ2) is 5.70. The SMILES string of the molecule is CCn1ccc2nc3nc(C)nn3c(-c3ccccc3OC)c2c1=O. The van der Waals surface area contributed by atoms with Gasteiger partial charge in [-0.15, -0.1) is 5.10 Å². The van der Waals surface area contributed by atoms with E-state index in [9.17, 15) is 4.79 Å². The lowest BCUT2D eigenvalue weighted by atomic mass is 10.1. The van der Waals surface area contributed by atoms with Crippen molar-refractivity contribution in [3.8, 4) is 17.0 Å². The predicted octanol–water partition coefficient (Wildman–Crippen LogP) is 2.44. The summed E-state index contributed by atoms with van der Waals surface area (Å²) in [6.45, 7) is 4.31. The number of para-hydroxylation sites is 1. The van der Waals surface area contributed by atoms with Crippen LogP contribution in [0.4, 0.5) is 0 Å². The number of nitrogens with zero attached hydrogens (tertiary/aromatic N) is 5. The zero-order valence-electron chi connectivity index (χ0n) is 14.2. The number of aryl methyl sites for hydroxylation is 2. The van der Waals surface area contributed by atoms with Gasteiger partial charge < -0.3 is 9.30 Å². The Morgan fingerprint density at radius 2 is 1.96 bits per heavy atom. The minimum absolute atomic E-state index is 0.108. The number of pyridine rings is 1. The Bertz CT molecular complexity index is 1160. The molecule has 7 heteroatoms. The molecule has 25 heavy (non-hydrogen) atoms. The van der Waals surface area contributed by atoms with Crippen molar-refractivity contribution in [2.24, 2.45) is 0 Å². The van der Waals surface area contributed by atoms with Crippen LogP contribution in [-0.4, -0.2) is 31.3 Å². The van der Waals surface area contributed by atoms with E-state index in [-0.39, 0.29) is 5.56 Å². The van der Waals surface area contributed by atoms with E-state index >= 15 is 0 Å². The third-order valence-electron chi connectivity index (χ3n) is 4.21. The van der Waals surface area contributed by atoms with Gasteiger partial charge in [-0.05, 0) is 32.0 Å². The quantitative estimate of drug-likeness (QED) is 0.575. The Balaban J connectivity index is 2.27. The van der Waals surface area contributed by atoms with Gasteiger partial charge in [-0.2, -0.15) is 9.50 Å². The highest BCUT2D eigenvalue weighted by molar-refractivity contribution is 5.94. The summed E-state index contributed by atoms with van der Waals surface area (Å²) in [6.07, 6.45) is 1.75. The molecule has 0 fully saturated rings. The van der Waals surface area contributed by atoms with Gasteiger partial charge in [-0.3, -0.25) is 4.79 Å². The molecule has 126 valence electrons. The molecule has 0 unspecified atom stereocenters. The van der Waals surface area contributed by atoms with Gasteiger partial charge in [0, 0.05) is 18.3 Å². The maximum atomic E-state index is 13.0. The molecular weight excluding hydrogens is 318 g/mol. The van der Waals surface area contributed by atoms with Gasteiger partial charge in [-0.1, -0.05) is 12.1 Å². The first-order valence-electron chi connectivity index (χ1n) is 8.04. The number of hydrogen-bond acceptors (Lipinski definition) is 5. The molecule has 4 rings (SSSR count). The summed E-state index contributed by atoms with van der Waals surface area (Å²) < 4.78 is 8.78. The number of aromatic nitrogens is 5. The molecule has 4 aromatic rings. The molecule has 3 heterocycles. The molecule has 7 nitrogen and oxygen atoms in total. The number of rotatable bonds is 3. The van der Waals surface area contributed by atoms with E-state index in [4.69, 9.17) is 4.74 Å². The van der Waals surface area contributed by atoms with Crippen molar-refractivity contribution in [2.45, 2.75) is 20.4 Å². The number of fused-ring (bicyclic) bond motifs is 2. The van der Waals surface area contributed by atoms with Crippen molar-refractivity contribution >= 4 is 16.7 Å². The van der Waals surface area contributed by atoms with Gasteiger partial charge in [-0.25, -0.2) is 4.98 Å². The van der Waals surface area contributed by atoms with Crippen molar-refractivity contribution in [3.63, 3.8) is 0 Å². The maximum absolute atomic E-state index is 13.0. The van der Waals surface area contributed by atoms with E-state index < -0.39 is 0 Å². The highest BCUT2D eigenvalue weighted by atomic mass is 16.5. The molecule has 0 amide bonds. The molecule has 0 aliphatic rings. The van der Waals surface area contributed by atoms with Gasteiger partial charge in [0.2, 0.25) is 0 Å². The Hall–Kier alpha value is -3.22. The largest absolute Gasteiger partial charge is 0.496 e. The summed E-state index contributed by atoms with van der Waals surface area (Å²) in [6, 6.07) is 9.40. The molecule has 0 radical (unpaired) electrons. The molecule has 0 N–H and O–H groups in total. The van der Waals surface area contributed by atoms with Crippen molar-refractivity contribution in [1.82, 2.24) is 24.1 Å². The summed E-state index contributed by atoms with van der Waals surface area (Å²) in [5.41, 5.74) is 1.91. The second-order valence-corrected chi connectivity index (χ2v) is 5.70. The average molecular weight is 335 g/mol. The van der Waals surface area contributed by atoms with Crippen LogP contribution in [0.25, 0.3) is 27.9 Å². The average Bonchev–Trinajstić information content (AvgIpc) is 3.00. The minimum atomic E-state index is -0.108. The molecule has 0 aliphatic heterocycles. The van der Waals surface area contributed by atoms with Gasteiger partial charge in [0.25, 0.3) is 11.3 Å². The fourth-order valence-corrected chi connectivity index (χ4v) is 3.06. The van der Waals surface area contributed by atoms with Crippen LogP contribution in [0.1, 0.15) is 12.7 Å². The summed E-state index contributed by atoms with van der Waals surface area (Å²) in [5.74, 6) is 1.71. The van der Waals surface area contributed by atoms with E-state index in [1.54, 1.807) is 29.3 Å². The topological polar surface area (TPSA) is 74.3 Å². The van der Waals surface area contributed by atoms with Crippen molar-refractivity contribution in [1.29, 1.82) is 0 Å². The fourth-order valence-electron chi connectivity index (χ4n) is 3.06. The lowest BCUT2D eigenvalue weighted by Gasteiger charge is -2.13. The summed E-state index contributed by atoms with van der Waals surface area (Å²) >= 11 is 0. The normalized spacial score (nSPS) is 11.3. The van der Waals surface area contributed by atoms with E-state index in [0.29, 0.717) is 40.5 Å². The molecule has 0 aliphatic carbocycles. The van der Waals surface area contributed by atoms with E-state index in [0.717, 1.165) is 5.56 Å². The van der Waals surface area contributed by atoms with Crippen LogP contribution in [-0.2, 0) is 6.54 Å². The van der Waals surface area contributed by atoms with Crippen LogP contribution < -0.4 is 10.3 Å². The van der Waals surface area contributed by atoms with Crippen LogP contribution in [0.2, 0.25) is 0 Å². The zero-order chi connectivity index (χ0) is 17.6. The summed E-state index contributed by atoms with van der Waals surface area (Å²) in [5, 5.41) is 4.96. The van der Waals surface area contributed by atoms with Gasteiger partial charge >= 0.3 is 0 Å². The van der Waals surface area contributed by atoms with E-state index in [1.165, 1.54) is 0 Å². The lowest BCUT2D eigenvalue weighted by molar-refractivity contribution is 0.416. The monoisotopic (exact) mass is 335 g/mol. The Morgan fingerprint density at radius 3 is 2.72 bits per heavy atom. The maximum Gasteiger partial charge on any atom is 0.262 e. The molecule has 1 aromatic carbocycles. The van der Waals surface area contributed by atoms with Crippen molar-refractivity contribution < 1.29 is 4.74 Å². The number of methoxy groups -OCH3 is 1. The molecule has 0 atom stereocenters. The van der Waals surface area contributed by atoms with Crippen LogP contribution >= 0.6 is 0 Å². The molecule has 0 saturated heterocycles. The van der Waals surface area contributed by atoms with Gasteiger partial charge in [0.05, 0.1) is 23.7 Å². The first-order valence-corrected chi connectivity index (χ1v) is 8.04. The Morgan fingerprint density at radius 1 is 1.16 bits per heavy atom. The van der Waals surface area contributed by atoms with Crippen molar-refractivity contribution in [3.05, 3.63) is 52.7 Å². The smallest absolute Gasteiger partial charge is 0.262 e. The second-order valence-electron chi connectivity index (χ2n) is 5.70. The third kappa shape index (κ3) is 2.27. The number of ether oxygens (including phenoxy) is 1. The number of benzene rings is 1. The first-order chi connectivity index (χ1) is 12.1. The van der Waals surface area contributed by atoms with Gasteiger partial charge in [0.1, 0.15) is 11.6 Å². The molecule has 0 spiro atoms. The highest BCUT2D eigenvalue weighted by Crippen LogP contribution is 2.33.